The van der Waals surface area contributed by atoms with E-state index in [0.29, 0.717) is 52.1 Å². The molecule has 5 rings (SSSR count). The van der Waals surface area contributed by atoms with Crippen LogP contribution < -0.4 is 0 Å². The van der Waals surface area contributed by atoms with Gasteiger partial charge in [-0.25, -0.2) is 4.39 Å². The summed E-state index contributed by atoms with van der Waals surface area (Å²) in [4.78, 5) is 21.1. The molecule has 0 saturated carbocycles. The first-order valence-electron chi connectivity index (χ1n) is 10.1. The molecule has 1 saturated heterocycles. The van der Waals surface area contributed by atoms with E-state index in [-0.39, 0.29) is 17.8 Å². The first-order chi connectivity index (χ1) is 15.5. The number of amides is 1. The van der Waals surface area contributed by atoms with Crippen LogP contribution in [0, 0.1) is 12.7 Å². The molecule has 162 valence electrons. The number of carbonyl (C=O) groups excluding carboxylic acids is 1. The van der Waals surface area contributed by atoms with Gasteiger partial charge in [-0.15, -0.1) is 0 Å². The Labute approximate surface area is 187 Å². The quantitative estimate of drug-likeness (QED) is 0.456. The topological polar surface area (TPSA) is 89.9 Å². The molecular formula is C22H18ClFN6O2. The molecule has 8 nitrogen and oxygen atoms in total. The maximum atomic E-state index is 14.0. The molecule has 3 heterocycles. The fourth-order valence-electron chi connectivity index (χ4n) is 3.94. The van der Waals surface area contributed by atoms with Gasteiger partial charge in [0.25, 0.3) is 5.91 Å². The maximum Gasteiger partial charge on any atom is 0.256 e. The van der Waals surface area contributed by atoms with Crippen molar-refractivity contribution in [3.8, 4) is 17.1 Å². The van der Waals surface area contributed by atoms with Crippen molar-refractivity contribution in [2.75, 3.05) is 6.54 Å². The van der Waals surface area contributed by atoms with Gasteiger partial charge in [-0.2, -0.15) is 20.0 Å². The Hall–Kier alpha value is -3.59. The zero-order valence-corrected chi connectivity index (χ0v) is 17.8. The number of aromatic nitrogens is 5. The average Bonchev–Trinajstić information content (AvgIpc) is 3.55. The molecule has 4 aromatic rings. The molecule has 1 amide bonds. The van der Waals surface area contributed by atoms with E-state index >= 15 is 0 Å². The Bertz CT molecular complexity index is 1290. The lowest BCUT2D eigenvalue weighted by molar-refractivity contribution is 0.0709. The van der Waals surface area contributed by atoms with Gasteiger partial charge in [0.15, 0.2) is 0 Å². The van der Waals surface area contributed by atoms with Gasteiger partial charge in [0.1, 0.15) is 11.9 Å². The van der Waals surface area contributed by atoms with Gasteiger partial charge < -0.3 is 9.42 Å². The minimum atomic E-state index is -0.383. The van der Waals surface area contributed by atoms with E-state index in [0.717, 1.165) is 6.42 Å². The van der Waals surface area contributed by atoms with Crippen molar-refractivity contribution >= 4 is 17.5 Å². The van der Waals surface area contributed by atoms with Crippen LogP contribution in [0.5, 0.6) is 0 Å². The summed E-state index contributed by atoms with van der Waals surface area (Å²) in [5.41, 5.74) is 1.90. The molecule has 0 N–H and O–H groups in total. The molecule has 32 heavy (non-hydrogen) atoms. The lowest BCUT2D eigenvalue weighted by Gasteiger charge is -2.23. The number of benzene rings is 2. The van der Waals surface area contributed by atoms with Crippen LogP contribution in [-0.4, -0.2) is 42.5 Å². The third-order valence-corrected chi connectivity index (χ3v) is 5.81. The lowest BCUT2D eigenvalue weighted by atomic mass is 10.1. The van der Waals surface area contributed by atoms with Crippen LogP contribution in [0.25, 0.3) is 17.1 Å². The standard InChI is InChI=1S/C22H18ClFN6O2/c1-13-15(4-2-5-17(13)24)20-27-21(32-28-20)18-6-3-11-29(18)22(31)16-8-7-14(23)12-19(16)30-25-9-10-26-30/h2,4-5,7-10,12,18H,3,6,11H2,1H3/t18-/m0/s1. The smallest absolute Gasteiger partial charge is 0.256 e. The lowest BCUT2D eigenvalue weighted by Crippen LogP contribution is -2.31. The Morgan fingerprint density at radius 1 is 1.22 bits per heavy atom. The fourth-order valence-corrected chi connectivity index (χ4v) is 4.11. The second-order valence-corrected chi connectivity index (χ2v) is 7.94. The second-order valence-electron chi connectivity index (χ2n) is 7.51. The molecule has 0 spiro atoms. The highest BCUT2D eigenvalue weighted by Crippen LogP contribution is 2.35. The molecule has 0 unspecified atom stereocenters. The highest BCUT2D eigenvalue weighted by molar-refractivity contribution is 6.31. The normalized spacial score (nSPS) is 16.0. The van der Waals surface area contributed by atoms with Crippen LogP contribution in [0.4, 0.5) is 4.39 Å². The molecule has 2 aromatic carbocycles. The van der Waals surface area contributed by atoms with Crippen molar-refractivity contribution in [1.82, 2.24) is 30.0 Å². The van der Waals surface area contributed by atoms with E-state index in [9.17, 15) is 9.18 Å². The van der Waals surface area contributed by atoms with Gasteiger partial charge in [-0.1, -0.05) is 28.9 Å². The summed E-state index contributed by atoms with van der Waals surface area (Å²) >= 11 is 6.15. The predicted molar refractivity (Wildman–Crippen MR) is 114 cm³/mol. The molecule has 0 aliphatic carbocycles. The molecule has 0 radical (unpaired) electrons. The summed E-state index contributed by atoms with van der Waals surface area (Å²) in [7, 11) is 0. The average molecular weight is 453 g/mol. The molecule has 2 aromatic heterocycles. The van der Waals surface area contributed by atoms with E-state index < -0.39 is 0 Å². The highest BCUT2D eigenvalue weighted by Gasteiger charge is 2.36. The van der Waals surface area contributed by atoms with Gasteiger partial charge in [0.2, 0.25) is 11.7 Å². The van der Waals surface area contributed by atoms with Gasteiger partial charge >= 0.3 is 0 Å². The second kappa shape index (κ2) is 8.16. The summed E-state index contributed by atoms with van der Waals surface area (Å²) in [6.07, 6.45) is 4.53. The van der Waals surface area contributed by atoms with Crippen molar-refractivity contribution in [2.24, 2.45) is 0 Å². The van der Waals surface area contributed by atoms with Crippen LogP contribution in [-0.2, 0) is 0 Å². The number of rotatable bonds is 4. The summed E-state index contributed by atoms with van der Waals surface area (Å²) in [6.45, 7) is 2.20. The van der Waals surface area contributed by atoms with Crippen LogP contribution in [0.2, 0.25) is 5.02 Å². The molecule has 1 aliphatic rings. The van der Waals surface area contributed by atoms with E-state index in [4.69, 9.17) is 16.1 Å². The summed E-state index contributed by atoms with van der Waals surface area (Å²) in [5, 5.41) is 12.8. The molecule has 1 aliphatic heterocycles. The third-order valence-electron chi connectivity index (χ3n) is 5.57. The minimum absolute atomic E-state index is 0.210. The molecular weight excluding hydrogens is 435 g/mol. The first-order valence-corrected chi connectivity index (χ1v) is 10.5. The van der Waals surface area contributed by atoms with Crippen molar-refractivity contribution < 1.29 is 13.7 Å². The number of halogens is 2. The maximum absolute atomic E-state index is 14.0. The molecule has 0 bridgehead atoms. The minimum Gasteiger partial charge on any atom is -0.337 e. The zero-order chi connectivity index (χ0) is 22.2. The summed E-state index contributed by atoms with van der Waals surface area (Å²) in [6, 6.07) is 9.31. The number of carbonyl (C=O) groups is 1. The van der Waals surface area contributed by atoms with Gasteiger partial charge in [-0.05, 0) is 49.6 Å². The molecule has 1 fully saturated rings. The molecule has 10 heteroatoms. The molecule has 1 atom stereocenters. The van der Waals surface area contributed by atoms with E-state index in [1.807, 2.05) is 0 Å². The van der Waals surface area contributed by atoms with E-state index in [2.05, 4.69) is 20.3 Å². The number of nitrogens with zero attached hydrogens (tertiary/aromatic N) is 6. The van der Waals surface area contributed by atoms with Crippen LogP contribution in [0.3, 0.4) is 0 Å². The van der Waals surface area contributed by atoms with Crippen LogP contribution in [0.1, 0.15) is 40.7 Å². The SMILES string of the molecule is Cc1c(F)cccc1-c1noc([C@@H]2CCCN2C(=O)c2ccc(Cl)cc2-n2nccn2)n1. The third kappa shape index (κ3) is 3.54. The first kappa shape index (κ1) is 20.3. The summed E-state index contributed by atoms with van der Waals surface area (Å²) in [5.74, 6) is 0.0682. The van der Waals surface area contributed by atoms with Crippen molar-refractivity contribution in [2.45, 2.75) is 25.8 Å². The van der Waals surface area contributed by atoms with Gasteiger partial charge in [0, 0.05) is 17.1 Å². The van der Waals surface area contributed by atoms with E-state index in [1.54, 1.807) is 42.2 Å². The van der Waals surface area contributed by atoms with Gasteiger partial charge in [-0.3, -0.25) is 4.79 Å². The largest absolute Gasteiger partial charge is 0.337 e. The number of hydrogen-bond donors (Lipinski definition) is 0. The summed E-state index contributed by atoms with van der Waals surface area (Å²) < 4.78 is 19.5. The Morgan fingerprint density at radius 2 is 2.03 bits per heavy atom. The Kier molecular flexibility index (Phi) is 5.18. The van der Waals surface area contributed by atoms with Crippen LogP contribution in [0.15, 0.2) is 53.3 Å². The van der Waals surface area contributed by atoms with Crippen molar-refractivity contribution in [3.63, 3.8) is 0 Å². The van der Waals surface area contributed by atoms with Crippen molar-refractivity contribution in [3.05, 3.63) is 76.6 Å². The van der Waals surface area contributed by atoms with Crippen LogP contribution >= 0.6 is 11.6 Å². The highest BCUT2D eigenvalue weighted by atomic mass is 35.5. The Balaban J connectivity index is 1.47. The zero-order valence-electron chi connectivity index (χ0n) is 17.1. The predicted octanol–water partition coefficient (Wildman–Crippen LogP) is 4.40. The fraction of sp³-hybridized carbons (Fsp3) is 0.227. The van der Waals surface area contributed by atoms with E-state index in [1.165, 1.54) is 23.3 Å². The Morgan fingerprint density at radius 3 is 2.84 bits per heavy atom. The monoisotopic (exact) mass is 452 g/mol. The van der Waals surface area contributed by atoms with Gasteiger partial charge in [0.05, 0.1) is 23.6 Å². The number of hydrogen-bond acceptors (Lipinski definition) is 6. The van der Waals surface area contributed by atoms with Crippen molar-refractivity contribution in [1.29, 1.82) is 0 Å². The number of likely N-dealkylation sites (tertiary alicyclic amines) is 1.